The van der Waals surface area contributed by atoms with E-state index in [0.29, 0.717) is 6.54 Å². The summed E-state index contributed by atoms with van der Waals surface area (Å²) in [4.78, 5) is 14.0. The van der Waals surface area contributed by atoms with Crippen LogP contribution in [0, 0.1) is 0 Å². The Morgan fingerprint density at radius 2 is 1.95 bits per heavy atom. The first kappa shape index (κ1) is 15.8. The van der Waals surface area contributed by atoms with Gasteiger partial charge in [0, 0.05) is 16.8 Å². The zero-order chi connectivity index (χ0) is 13.3. The maximum absolute atomic E-state index is 12.5. The van der Waals surface area contributed by atoms with Gasteiger partial charge in [0.05, 0.1) is 11.1 Å². The van der Waals surface area contributed by atoms with Crippen LogP contribution in [0.15, 0.2) is 5.38 Å². The molecule has 5 heteroatoms. The van der Waals surface area contributed by atoms with Gasteiger partial charge in [0.1, 0.15) is 0 Å². The van der Waals surface area contributed by atoms with Crippen molar-refractivity contribution < 1.29 is 4.79 Å². The normalized spacial score (nSPS) is 20.1. The number of nitrogens with one attached hydrogen (secondary N) is 1. The Morgan fingerprint density at radius 3 is 2.65 bits per heavy atom. The lowest BCUT2D eigenvalue weighted by Gasteiger charge is -2.29. The van der Waals surface area contributed by atoms with Crippen LogP contribution in [0.4, 0.5) is 0 Å². The van der Waals surface area contributed by atoms with E-state index in [-0.39, 0.29) is 23.9 Å². The maximum Gasteiger partial charge on any atom is 0.252 e. The third kappa shape index (κ3) is 2.87. The number of nitrogens with two attached hydrogens (primary N) is 1. The van der Waals surface area contributed by atoms with E-state index in [4.69, 9.17) is 5.73 Å². The molecule has 0 unspecified atom stereocenters. The van der Waals surface area contributed by atoms with Crippen LogP contribution in [0.3, 0.4) is 0 Å². The van der Waals surface area contributed by atoms with Gasteiger partial charge in [-0.05, 0) is 44.1 Å². The number of halogens is 1. The van der Waals surface area contributed by atoms with Gasteiger partial charge < -0.3 is 11.1 Å². The summed E-state index contributed by atoms with van der Waals surface area (Å²) < 4.78 is 0. The highest BCUT2D eigenvalue weighted by Gasteiger charge is 2.35. The molecular weight excluding hydrogens is 292 g/mol. The lowest BCUT2D eigenvalue weighted by molar-refractivity contribution is 0.0902. The SMILES string of the molecule is Cl.NCC1(NC(=O)c2csc3c2CCCC3)CCCC1. The first-order chi connectivity index (χ1) is 9.24. The van der Waals surface area contributed by atoms with E-state index in [1.165, 1.54) is 36.1 Å². The monoisotopic (exact) mass is 314 g/mol. The van der Waals surface area contributed by atoms with E-state index >= 15 is 0 Å². The van der Waals surface area contributed by atoms with E-state index in [1.54, 1.807) is 11.3 Å². The van der Waals surface area contributed by atoms with Crippen LogP contribution in [-0.4, -0.2) is 18.0 Å². The highest BCUT2D eigenvalue weighted by molar-refractivity contribution is 7.10. The van der Waals surface area contributed by atoms with Crippen molar-refractivity contribution in [3.8, 4) is 0 Å². The number of carbonyl (C=O) groups excluding carboxylic acids is 1. The molecule has 0 aromatic carbocycles. The average Bonchev–Trinajstić information content (AvgIpc) is 3.05. The molecule has 0 bridgehead atoms. The third-order valence-corrected chi connectivity index (χ3v) is 5.72. The molecule has 1 fully saturated rings. The molecule has 1 heterocycles. The molecule has 20 heavy (non-hydrogen) atoms. The van der Waals surface area contributed by atoms with Crippen molar-refractivity contribution >= 4 is 29.7 Å². The van der Waals surface area contributed by atoms with Gasteiger partial charge >= 0.3 is 0 Å². The number of aryl methyl sites for hydroxylation is 1. The lowest BCUT2D eigenvalue weighted by atomic mass is 9.94. The van der Waals surface area contributed by atoms with Crippen molar-refractivity contribution in [3.63, 3.8) is 0 Å². The number of rotatable bonds is 3. The van der Waals surface area contributed by atoms with Gasteiger partial charge in [-0.1, -0.05) is 12.8 Å². The van der Waals surface area contributed by atoms with Gasteiger partial charge in [-0.2, -0.15) is 0 Å². The Balaban J connectivity index is 0.00000147. The van der Waals surface area contributed by atoms with Crippen LogP contribution in [0.5, 0.6) is 0 Å². The quantitative estimate of drug-likeness (QED) is 0.901. The lowest BCUT2D eigenvalue weighted by Crippen LogP contribution is -2.51. The van der Waals surface area contributed by atoms with Gasteiger partial charge in [-0.25, -0.2) is 0 Å². The second-order valence-electron chi connectivity index (χ2n) is 5.90. The summed E-state index contributed by atoms with van der Waals surface area (Å²) in [6, 6.07) is 0. The predicted octanol–water partition coefficient (Wildman–Crippen LogP) is 3.05. The van der Waals surface area contributed by atoms with Crippen LogP contribution in [-0.2, 0) is 12.8 Å². The molecule has 3 rings (SSSR count). The Morgan fingerprint density at radius 1 is 1.25 bits per heavy atom. The highest BCUT2D eigenvalue weighted by Crippen LogP contribution is 2.32. The van der Waals surface area contributed by atoms with E-state index < -0.39 is 0 Å². The van der Waals surface area contributed by atoms with Crippen molar-refractivity contribution in [2.45, 2.75) is 56.9 Å². The van der Waals surface area contributed by atoms with E-state index in [2.05, 4.69) is 5.32 Å². The fraction of sp³-hybridized carbons (Fsp3) is 0.667. The summed E-state index contributed by atoms with van der Waals surface area (Å²) in [7, 11) is 0. The van der Waals surface area contributed by atoms with Crippen molar-refractivity contribution in [1.82, 2.24) is 5.32 Å². The van der Waals surface area contributed by atoms with Gasteiger partial charge in [0.25, 0.3) is 5.91 Å². The topological polar surface area (TPSA) is 55.1 Å². The average molecular weight is 315 g/mol. The van der Waals surface area contributed by atoms with Gasteiger partial charge in [0.15, 0.2) is 0 Å². The summed E-state index contributed by atoms with van der Waals surface area (Å²) in [5.74, 6) is 0.103. The van der Waals surface area contributed by atoms with Gasteiger partial charge in [0.2, 0.25) is 0 Å². The minimum absolute atomic E-state index is 0. The van der Waals surface area contributed by atoms with Crippen molar-refractivity contribution in [2.75, 3.05) is 6.54 Å². The third-order valence-electron chi connectivity index (χ3n) is 4.64. The van der Waals surface area contributed by atoms with Crippen LogP contribution in [0.2, 0.25) is 0 Å². The molecule has 1 saturated carbocycles. The first-order valence-corrected chi connectivity index (χ1v) is 8.24. The molecule has 1 aromatic rings. The summed E-state index contributed by atoms with van der Waals surface area (Å²) in [5, 5.41) is 5.28. The summed E-state index contributed by atoms with van der Waals surface area (Å²) in [5.41, 5.74) is 7.98. The molecule has 0 saturated heterocycles. The fourth-order valence-corrected chi connectivity index (χ4v) is 4.55. The van der Waals surface area contributed by atoms with Crippen molar-refractivity contribution in [1.29, 1.82) is 0 Å². The van der Waals surface area contributed by atoms with E-state index in [0.717, 1.165) is 31.2 Å². The number of hydrogen-bond donors (Lipinski definition) is 2. The van der Waals surface area contributed by atoms with Crippen LogP contribution in [0.25, 0.3) is 0 Å². The van der Waals surface area contributed by atoms with E-state index in [9.17, 15) is 4.79 Å². The molecule has 2 aliphatic rings. The summed E-state index contributed by atoms with van der Waals surface area (Å²) in [6.07, 6.45) is 9.11. The Hall–Kier alpha value is -0.580. The molecule has 1 aromatic heterocycles. The molecule has 2 aliphatic carbocycles. The minimum atomic E-state index is -0.138. The molecule has 3 N–H and O–H groups in total. The minimum Gasteiger partial charge on any atom is -0.345 e. The van der Waals surface area contributed by atoms with Gasteiger partial charge in [-0.3, -0.25) is 4.79 Å². The highest BCUT2D eigenvalue weighted by atomic mass is 35.5. The zero-order valence-electron chi connectivity index (χ0n) is 11.7. The standard InChI is InChI=1S/C15H22N2OS.ClH/c16-10-15(7-3-4-8-15)17-14(18)12-9-19-13-6-2-1-5-11(12)13;/h9H,1-8,10,16H2,(H,17,18);1H. The summed E-state index contributed by atoms with van der Waals surface area (Å²) >= 11 is 1.75. The Labute approximate surface area is 130 Å². The molecule has 1 amide bonds. The largest absolute Gasteiger partial charge is 0.345 e. The number of thiophene rings is 1. The molecule has 3 nitrogen and oxygen atoms in total. The second kappa shape index (κ2) is 6.46. The molecular formula is C15H23ClN2OS. The molecule has 0 aliphatic heterocycles. The van der Waals surface area contributed by atoms with Crippen LogP contribution < -0.4 is 11.1 Å². The van der Waals surface area contributed by atoms with Gasteiger partial charge in [-0.15, -0.1) is 23.7 Å². The molecule has 0 radical (unpaired) electrons. The number of hydrogen-bond acceptors (Lipinski definition) is 3. The van der Waals surface area contributed by atoms with E-state index in [1.807, 2.05) is 5.38 Å². The predicted molar refractivity (Wildman–Crippen MR) is 85.9 cm³/mol. The maximum atomic E-state index is 12.5. The smallest absolute Gasteiger partial charge is 0.252 e. The number of fused-ring (bicyclic) bond motifs is 1. The molecule has 112 valence electrons. The Kier molecular flexibility index (Phi) is 5.10. The second-order valence-corrected chi connectivity index (χ2v) is 6.87. The zero-order valence-corrected chi connectivity index (χ0v) is 13.4. The fourth-order valence-electron chi connectivity index (χ4n) is 3.42. The molecule has 0 atom stereocenters. The van der Waals surface area contributed by atoms with Crippen molar-refractivity contribution in [3.05, 3.63) is 21.4 Å². The van der Waals surface area contributed by atoms with Crippen LogP contribution >= 0.6 is 23.7 Å². The van der Waals surface area contributed by atoms with Crippen LogP contribution in [0.1, 0.15) is 59.3 Å². The first-order valence-electron chi connectivity index (χ1n) is 7.36. The number of carbonyl (C=O) groups is 1. The molecule has 0 spiro atoms. The van der Waals surface area contributed by atoms with Crippen molar-refractivity contribution in [2.24, 2.45) is 5.73 Å². The summed E-state index contributed by atoms with van der Waals surface area (Å²) in [6.45, 7) is 0.561. The Bertz CT molecular complexity index is 480. The number of amides is 1.